The van der Waals surface area contributed by atoms with Gasteiger partial charge in [-0.2, -0.15) is 0 Å². The maximum atomic E-state index is 11.9. The third kappa shape index (κ3) is 5.16. The van der Waals surface area contributed by atoms with Gasteiger partial charge in [-0.3, -0.25) is 14.4 Å². The summed E-state index contributed by atoms with van der Waals surface area (Å²) in [5, 5.41) is 0. The molecule has 0 spiro atoms. The van der Waals surface area contributed by atoms with Crippen molar-refractivity contribution in [2.75, 3.05) is 33.4 Å². The van der Waals surface area contributed by atoms with Crippen molar-refractivity contribution < 1.29 is 19.2 Å². The third-order valence-electron chi connectivity index (χ3n) is 3.16. The van der Waals surface area contributed by atoms with Crippen LogP contribution in [0, 0.1) is 11.8 Å². The van der Waals surface area contributed by atoms with Gasteiger partial charge in [0.15, 0.2) is 0 Å². The van der Waals surface area contributed by atoms with Crippen molar-refractivity contribution in [3.8, 4) is 0 Å². The smallest absolute Gasteiger partial charge is 0.248 e. The zero-order chi connectivity index (χ0) is 14.3. The number of ether oxygens (including phenoxy) is 1. The number of nitrogens with zero attached hydrogens (tertiary/aromatic N) is 1. The molecule has 1 unspecified atom stereocenters. The number of carbonyl (C=O) groups is 2. The van der Waals surface area contributed by atoms with Crippen LogP contribution >= 0.6 is 0 Å². The van der Waals surface area contributed by atoms with Gasteiger partial charge in [0.1, 0.15) is 0 Å². The van der Waals surface area contributed by atoms with Gasteiger partial charge < -0.3 is 9.64 Å². The fourth-order valence-electron chi connectivity index (χ4n) is 2.09. The van der Waals surface area contributed by atoms with E-state index in [1.165, 1.54) is 0 Å². The minimum Gasteiger partial charge on any atom is -0.382 e. The van der Waals surface area contributed by atoms with Crippen molar-refractivity contribution in [3.63, 3.8) is 0 Å². The molecular weight excluding hydrogens is 248 g/mol. The Kier molecular flexibility index (Phi) is 6.80. The summed E-state index contributed by atoms with van der Waals surface area (Å²) in [5.74, 6) is -0.256. The van der Waals surface area contributed by atoms with E-state index in [0.29, 0.717) is 19.8 Å². The third-order valence-corrected chi connectivity index (χ3v) is 3.16. The molecule has 1 aliphatic heterocycles. The second kappa shape index (κ2) is 8.12. The lowest BCUT2D eigenvalue weighted by Crippen LogP contribution is -2.46. The molecule has 0 radical (unpaired) electrons. The number of methoxy groups -OCH3 is 1. The highest BCUT2D eigenvalue weighted by atomic mass is 16.7. The van der Waals surface area contributed by atoms with E-state index in [1.807, 2.05) is 13.8 Å². The van der Waals surface area contributed by atoms with Crippen LogP contribution in [0.15, 0.2) is 0 Å². The average molecular weight is 272 g/mol. The van der Waals surface area contributed by atoms with Crippen LogP contribution in [-0.4, -0.2) is 50.1 Å². The van der Waals surface area contributed by atoms with Crippen molar-refractivity contribution in [1.82, 2.24) is 10.4 Å². The Morgan fingerprint density at radius 1 is 1.37 bits per heavy atom. The zero-order valence-electron chi connectivity index (χ0n) is 12.0. The van der Waals surface area contributed by atoms with Crippen LogP contribution in [0.25, 0.3) is 0 Å². The molecule has 1 fully saturated rings. The molecule has 6 heteroatoms. The Hall–Kier alpha value is -1.14. The molecule has 1 N–H and O–H groups in total. The SMILES string of the molecule is COCCONC(=O)C1CCCN(C(=O)C(C)C)C1. The first-order valence-corrected chi connectivity index (χ1v) is 6.75. The highest BCUT2D eigenvalue weighted by Crippen LogP contribution is 2.18. The first-order valence-electron chi connectivity index (χ1n) is 6.75. The number of amides is 2. The van der Waals surface area contributed by atoms with Crippen molar-refractivity contribution in [2.24, 2.45) is 11.8 Å². The van der Waals surface area contributed by atoms with Gasteiger partial charge in [-0.25, -0.2) is 5.48 Å². The molecule has 1 aliphatic rings. The molecule has 0 bridgehead atoms. The molecule has 1 saturated heterocycles. The molecule has 0 aliphatic carbocycles. The molecule has 6 nitrogen and oxygen atoms in total. The summed E-state index contributed by atoms with van der Waals surface area (Å²) >= 11 is 0. The monoisotopic (exact) mass is 272 g/mol. The summed E-state index contributed by atoms with van der Waals surface area (Å²) in [6.07, 6.45) is 1.65. The van der Waals surface area contributed by atoms with Crippen LogP contribution in [0.1, 0.15) is 26.7 Å². The van der Waals surface area contributed by atoms with Crippen LogP contribution in [0.4, 0.5) is 0 Å². The predicted octanol–water partition coefficient (Wildman–Crippen LogP) is 0.575. The number of hydroxylamine groups is 1. The number of hydrogen-bond donors (Lipinski definition) is 1. The van der Waals surface area contributed by atoms with E-state index in [4.69, 9.17) is 9.57 Å². The molecule has 0 saturated carbocycles. The fourth-order valence-corrected chi connectivity index (χ4v) is 2.09. The van der Waals surface area contributed by atoms with E-state index in [2.05, 4.69) is 5.48 Å². The van der Waals surface area contributed by atoms with E-state index in [1.54, 1.807) is 12.0 Å². The van der Waals surface area contributed by atoms with Crippen LogP contribution in [-0.2, 0) is 19.2 Å². The average Bonchev–Trinajstić information content (AvgIpc) is 2.42. The summed E-state index contributed by atoms with van der Waals surface area (Å²) in [7, 11) is 1.57. The Labute approximate surface area is 114 Å². The second-order valence-corrected chi connectivity index (χ2v) is 5.09. The Bertz CT molecular complexity index is 307. The quantitative estimate of drug-likeness (QED) is 0.567. The lowest BCUT2D eigenvalue weighted by atomic mass is 9.96. The minimum atomic E-state index is -0.181. The lowest BCUT2D eigenvalue weighted by Gasteiger charge is -2.33. The molecule has 1 heterocycles. The number of nitrogens with one attached hydrogen (secondary N) is 1. The van der Waals surface area contributed by atoms with Gasteiger partial charge in [0.2, 0.25) is 11.8 Å². The molecular formula is C13H24N2O4. The van der Waals surface area contributed by atoms with Crippen LogP contribution in [0.3, 0.4) is 0 Å². The number of piperidine rings is 1. The molecule has 0 aromatic heterocycles. The predicted molar refractivity (Wildman–Crippen MR) is 70.1 cm³/mol. The van der Waals surface area contributed by atoms with E-state index >= 15 is 0 Å². The first kappa shape index (κ1) is 15.9. The van der Waals surface area contributed by atoms with Gasteiger partial charge in [0, 0.05) is 26.1 Å². The summed E-state index contributed by atoms with van der Waals surface area (Å²) in [4.78, 5) is 30.6. The first-order chi connectivity index (χ1) is 9.06. The Balaban J connectivity index is 2.37. The van der Waals surface area contributed by atoms with Gasteiger partial charge in [-0.1, -0.05) is 13.8 Å². The molecule has 0 aromatic rings. The number of likely N-dealkylation sites (tertiary alicyclic amines) is 1. The second-order valence-electron chi connectivity index (χ2n) is 5.09. The van der Waals surface area contributed by atoms with Crippen molar-refractivity contribution in [1.29, 1.82) is 0 Å². The van der Waals surface area contributed by atoms with Gasteiger partial charge >= 0.3 is 0 Å². The molecule has 110 valence electrons. The minimum absolute atomic E-state index is 0.0280. The topological polar surface area (TPSA) is 67.9 Å². The van der Waals surface area contributed by atoms with E-state index in [0.717, 1.165) is 19.4 Å². The standard InChI is InChI=1S/C13H24N2O4/c1-10(2)13(17)15-6-4-5-11(9-15)12(16)14-19-8-7-18-3/h10-11H,4-9H2,1-3H3,(H,14,16). The van der Waals surface area contributed by atoms with Gasteiger partial charge in [-0.05, 0) is 12.8 Å². The molecule has 1 rings (SSSR count). The fraction of sp³-hybridized carbons (Fsp3) is 0.846. The van der Waals surface area contributed by atoms with Crippen molar-refractivity contribution in [2.45, 2.75) is 26.7 Å². The van der Waals surface area contributed by atoms with E-state index in [-0.39, 0.29) is 23.7 Å². The van der Waals surface area contributed by atoms with Crippen LogP contribution in [0.2, 0.25) is 0 Å². The van der Waals surface area contributed by atoms with E-state index in [9.17, 15) is 9.59 Å². The Morgan fingerprint density at radius 3 is 2.74 bits per heavy atom. The molecule has 1 atom stereocenters. The summed E-state index contributed by atoms with van der Waals surface area (Å²) in [6.45, 7) is 5.73. The van der Waals surface area contributed by atoms with E-state index < -0.39 is 0 Å². The maximum Gasteiger partial charge on any atom is 0.248 e. The van der Waals surface area contributed by atoms with Crippen LogP contribution in [0.5, 0.6) is 0 Å². The van der Waals surface area contributed by atoms with Crippen molar-refractivity contribution >= 4 is 11.8 Å². The molecule has 19 heavy (non-hydrogen) atoms. The van der Waals surface area contributed by atoms with Crippen molar-refractivity contribution in [3.05, 3.63) is 0 Å². The molecule has 0 aromatic carbocycles. The highest BCUT2D eigenvalue weighted by Gasteiger charge is 2.29. The summed E-state index contributed by atoms with van der Waals surface area (Å²) < 4.78 is 4.81. The van der Waals surface area contributed by atoms with Gasteiger partial charge in [-0.15, -0.1) is 0 Å². The normalized spacial score (nSPS) is 19.6. The number of carbonyl (C=O) groups excluding carboxylic acids is 2. The zero-order valence-corrected chi connectivity index (χ0v) is 12.0. The van der Waals surface area contributed by atoms with Gasteiger partial charge in [0.05, 0.1) is 19.1 Å². The highest BCUT2D eigenvalue weighted by molar-refractivity contribution is 5.81. The van der Waals surface area contributed by atoms with Crippen LogP contribution < -0.4 is 5.48 Å². The summed E-state index contributed by atoms with van der Waals surface area (Å²) in [5.41, 5.74) is 2.42. The lowest BCUT2D eigenvalue weighted by molar-refractivity contribution is -0.144. The maximum absolute atomic E-state index is 11.9. The largest absolute Gasteiger partial charge is 0.382 e. The number of rotatable bonds is 6. The number of hydrogen-bond acceptors (Lipinski definition) is 4. The van der Waals surface area contributed by atoms with Gasteiger partial charge in [0.25, 0.3) is 0 Å². The Morgan fingerprint density at radius 2 is 2.11 bits per heavy atom. The summed E-state index contributed by atoms with van der Waals surface area (Å²) in [6, 6.07) is 0. The molecule has 2 amide bonds.